The number of aryl methyl sites for hydroxylation is 1. The van der Waals surface area contributed by atoms with Gasteiger partial charge in [0, 0.05) is 12.5 Å². The Balaban J connectivity index is 1.39. The third kappa shape index (κ3) is 3.87. The molecule has 1 heterocycles. The molecule has 0 spiro atoms. The Hall–Kier alpha value is -2.24. The zero-order valence-electron chi connectivity index (χ0n) is 11.7. The standard InChI is InChI=1S/C15H18N2O4/c18-14(16-8-15(19)17-11-3-4-11)6-2-10-1-5-12-13(7-10)21-9-20-12/h1,5,7,11H,2-4,6,8-9H2,(H,16,18)(H,17,19). The first kappa shape index (κ1) is 13.7. The van der Waals surface area contributed by atoms with E-state index in [4.69, 9.17) is 9.47 Å². The Morgan fingerprint density at radius 2 is 1.95 bits per heavy atom. The zero-order chi connectivity index (χ0) is 14.7. The van der Waals surface area contributed by atoms with E-state index in [0.29, 0.717) is 18.9 Å². The van der Waals surface area contributed by atoms with E-state index in [0.717, 1.165) is 29.9 Å². The monoisotopic (exact) mass is 290 g/mol. The number of benzene rings is 1. The largest absolute Gasteiger partial charge is 0.454 e. The Kier molecular flexibility index (Phi) is 3.94. The van der Waals surface area contributed by atoms with E-state index in [-0.39, 0.29) is 25.2 Å². The molecule has 0 bridgehead atoms. The SMILES string of the molecule is O=C(CCc1ccc2c(c1)OCO2)NCC(=O)NC1CC1. The van der Waals surface area contributed by atoms with Crippen molar-refractivity contribution in [3.63, 3.8) is 0 Å². The molecule has 0 unspecified atom stereocenters. The maximum absolute atomic E-state index is 11.7. The summed E-state index contributed by atoms with van der Waals surface area (Å²) in [5.41, 5.74) is 1.01. The Bertz CT molecular complexity index is 555. The van der Waals surface area contributed by atoms with Crippen LogP contribution >= 0.6 is 0 Å². The van der Waals surface area contributed by atoms with Gasteiger partial charge in [-0.1, -0.05) is 6.07 Å². The maximum atomic E-state index is 11.7. The Labute approximate surface area is 122 Å². The fourth-order valence-electron chi connectivity index (χ4n) is 2.13. The van der Waals surface area contributed by atoms with Gasteiger partial charge in [-0.3, -0.25) is 9.59 Å². The average molecular weight is 290 g/mol. The van der Waals surface area contributed by atoms with Crippen molar-refractivity contribution in [2.45, 2.75) is 31.7 Å². The predicted molar refractivity (Wildman–Crippen MR) is 75.1 cm³/mol. The minimum absolute atomic E-state index is 0.0521. The molecule has 1 aliphatic carbocycles. The summed E-state index contributed by atoms with van der Waals surface area (Å²) >= 11 is 0. The van der Waals surface area contributed by atoms with Gasteiger partial charge in [0.15, 0.2) is 11.5 Å². The molecule has 2 N–H and O–H groups in total. The van der Waals surface area contributed by atoms with Crippen LogP contribution in [0.2, 0.25) is 0 Å². The maximum Gasteiger partial charge on any atom is 0.239 e. The highest BCUT2D eigenvalue weighted by molar-refractivity contribution is 5.85. The van der Waals surface area contributed by atoms with Crippen LogP contribution in [0.4, 0.5) is 0 Å². The summed E-state index contributed by atoms with van der Waals surface area (Å²) < 4.78 is 10.5. The lowest BCUT2D eigenvalue weighted by Crippen LogP contribution is -2.37. The summed E-state index contributed by atoms with van der Waals surface area (Å²) in [6, 6.07) is 5.97. The number of ether oxygens (including phenoxy) is 2. The van der Waals surface area contributed by atoms with Crippen LogP contribution in [-0.2, 0) is 16.0 Å². The molecule has 0 saturated heterocycles. The third-order valence-corrected chi connectivity index (χ3v) is 3.47. The second-order valence-corrected chi connectivity index (χ2v) is 5.31. The molecule has 2 aliphatic rings. The second-order valence-electron chi connectivity index (χ2n) is 5.31. The Morgan fingerprint density at radius 1 is 1.14 bits per heavy atom. The van der Waals surface area contributed by atoms with Crippen LogP contribution in [-0.4, -0.2) is 31.2 Å². The van der Waals surface area contributed by atoms with E-state index in [2.05, 4.69) is 10.6 Å². The fourth-order valence-corrected chi connectivity index (χ4v) is 2.13. The summed E-state index contributed by atoms with van der Waals surface area (Å²) in [5.74, 6) is 1.21. The number of carbonyl (C=O) groups excluding carboxylic acids is 2. The van der Waals surface area contributed by atoms with Gasteiger partial charge < -0.3 is 20.1 Å². The molecule has 1 fully saturated rings. The first-order valence-electron chi connectivity index (χ1n) is 7.15. The lowest BCUT2D eigenvalue weighted by atomic mass is 10.1. The molecule has 3 rings (SSSR count). The highest BCUT2D eigenvalue weighted by Gasteiger charge is 2.23. The van der Waals surface area contributed by atoms with Gasteiger partial charge >= 0.3 is 0 Å². The summed E-state index contributed by atoms with van der Waals surface area (Å²) in [7, 11) is 0. The number of hydrogen-bond donors (Lipinski definition) is 2. The molecule has 0 aromatic heterocycles. The van der Waals surface area contributed by atoms with Gasteiger partial charge in [-0.05, 0) is 37.0 Å². The summed E-state index contributed by atoms with van der Waals surface area (Å²) in [6.45, 7) is 0.297. The number of carbonyl (C=O) groups is 2. The van der Waals surface area contributed by atoms with Crippen LogP contribution < -0.4 is 20.1 Å². The van der Waals surface area contributed by atoms with Gasteiger partial charge in [-0.25, -0.2) is 0 Å². The lowest BCUT2D eigenvalue weighted by molar-refractivity contribution is -0.126. The van der Waals surface area contributed by atoms with Crippen molar-refractivity contribution in [3.05, 3.63) is 23.8 Å². The van der Waals surface area contributed by atoms with Crippen LogP contribution in [0.5, 0.6) is 11.5 Å². The quantitative estimate of drug-likeness (QED) is 0.810. The van der Waals surface area contributed by atoms with Crippen molar-refractivity contribution < 1.29 is 19.1 Å². The van der Waals surface area contributed by atoms with Crippen molar-refractivity contribution in [1.82, 2.24) is 10.6 Å². The van der Waals surface area contributed by atoms with Gasteiger partial charge in [-0.15, -0.1) is 0 Å². The molecule has 112 valence electrons. The van der Waals surface area contributed by atoms with Crippen LogP contribution in [0, 0.1) is 0 Å². The van der Waals surface area contributed by atoms with Crippen molar-refractivity contribution in [2.75, 3.05) is 13.3 Å². The molecule has 0 radical (unpaired) electrons. The van der Waals surface area contributed by atoms with E-state index in [1.165, 1.54) is 0 Å². The number of hydrogen-bond acceptors (Lipinski definition) is 4. The molecule has 0 atom stereocenters. The first-order chi connectivity index (χ1) is 10.2. The van der Waals surface area contributed by atoms with Gasteiger partial charge in [0.05, 0.1) is 6.54 Å². The first-order valence-corrected chi connectivity index (χ1v) is 7.15. The second kappa shape index (κ2) is 6.03. The summed E-state index contributed by atoms with van der Waals surface area (Å²) in [6.07, 6.45) is 3.04. The minimum Gasteiger partial charge on any atom is -0.454 e. The number of nitrogens with one attached hydrogen (secondary N) is 2. The molecule has 6 nitrogen and oxygen atoms in total. The molecule has 21 heavy (non-hydrogen) atoms. The summed E-state index contributed by atoms with van der Waals surface area (Å²) in [5, 5.41) is 5.46. The molecule has 6 heteroatoms. The van der Waals surface area contributed by atoms with Gasteiger partial charge in [0.25, 0.3) is 0 Å². The lowest BCUT2D eigenvalue weighted by Gasteiger charge is -2.06. The van der Waals surface area contributed by atoms with Crippen LogP contribution in [0.25, 0.3) is 0 Å². The van der Waals surface area contributed by atoms with Crippen molar-refractivity contribution in [2.24, 2.45) is 0 Å². The molecule has 1 aromatic rings. The predicted octanol–water partition coefficient (Wildman–Crippen LogP) is 0.743. The van der Waals surface area contributed by atoms with E-state index in [1.807, 2.05) is 18.2 Å². The number of rotatable bonds is 6. The number of fused-ring (bicyclic) bond motifs is 1. The van der Waals surface area contributed by atoms with Crippen molar-refractivity contribution >= 4 is 11.8 Å². The molecule has 1 aromatic carbocycles. The highest BCUT2D eigenvalue weighted by atomic mass is 16.7. The van der Waals surface area contributed by atoms with E-state index in [1.54, 1.807) is 0 Å². The van der Waals surface area contributed by atoms with Crippen molar-refractivity contribution in [1.29, 1.82) is 0 Å². The van der Waals surface area contributed by atoms with E-state index in [9.17, 15) is 9.59 Å². The topological polar surface area (TPSA) is 76.7 Å². The Morgan fingerprint density at radius 3 is 2.76 bits per heavy atom. The molecular weight excluding hydrogens is 272 g/mol. The van der Waals surface area contributed by atoms with Gasteiger partial charge in [0.1, 0.15) is 0 Å². The molecule has 2 amide bonds. The normalized spacial score (nSPS) is 15.6. The highest BCUT2D eigenvalue weighted by Crippen LogP contribution is 2.32. The molecular formula is C15H18N2O4. The van der Waals surface area contributed by atoms with Gasteiger partial charge in [-0.2, -0.15) is 0 Å². The van der Waals surface area contributed by atoms with E-state index >= 15 is 0 Å². The van der Waals surface area contributed by atoms with Crippen LogP contribution in [0.15, 0.2) is 18.2 Å². The van der Waals surface area contributed by atoms with E-state index < -0.39 is 0 Å². The fraction of sp³-hybridized carbons (Fsp3) is 0.467. The molecule has 1 saturated carbocycles. The smallest absolute Gasteiger partial charge is 0.239 e. The number of amides is 2. The van der Waals surface area contributed by atoms with Gasteiger partial charge in [0.2, 0.25) is 18.6 Å². The summed E-state index contributed by atoms with van der Waals surface area (Å²) in [4.78, 5) is 23.2. The zero-order valence-corrected chi connectivity index (χ0v) is 11.7. The van der Waals surface area contributed by atoms with Crippen LogP contribution in [0.3, 0.4) is 0 Å². The van der Waals surface area contributed by atoms with Crippen LogP contribution in [0.1, 0.15) is 24.8 Å². The third-order valence-electron chi connectivity index (χ3n) is 3.47. The average Bonchev–Trinajstić information content (AvgIpc) is 3.16. The minimum atomic E-state index is -0.126. The van der Waals surface area contributed by atoms with Crippen molar-refractivity contribution in [3.8, 4) is 11.5 Å². The molecule has 1 aliphatic heterocycles.